The number of aliphatic hydroxyl groups excluding tert-OH is 2. The zero-order chi connectivity index (χ0) is 11.6. The quantitative estimate of drug-likeness (QED) is 0.780. The van der Waals surface area contributed by atoms with Crippen molar-refractivity contribution in [1.29, 1.82) is 0 Å². The van der Waals surface area contributed by atoms with Crippen LogP contribution >= 0.6 is 11.6 Å². The Morgan fingerprint density at radius 1 is 1.07 bits per heavy atom. The van der Waals surface area contributed by atoms with Crippen LogP contribution in [0.5, 0.6) is 0 Å². The van der Waals surface area contributed by atoms with Crippen LogP contribution in [0.1, 0.15) is 28.4 Å². The van der Waals surface area contributed by atoms with Gasteiger partial charge in [-0.25, -0.2) is 0 Å². The van der Waals surface area contributed by atoms with Gasteiger partial charge in [0.1, 0.15) is 6.10 Å². The standard InChI is InChI=1S/C12H17ClO2/c1-7-4-9(3)10(5-8(7)2)12(15)11(14)6-13/h4-5,11-12,14-15H,6H2,1-3H3. The van der Waals surface area contributed by atoms with Gasteiger partial charge in [0.25, 0.3) is 0 Å². The van der Waals surface area contributed by atoms with E-state index in [0.29, 0.717) is 0 Å². The Morgan fingerprint density at radius 3 is 2.13 bits per heavy atom. The molecule has 0 saturated heterocycles. The van der Waals surface area contributed by atoms with E-state index in [4.69, 9.17) is 11.6 Å². The fourth-order valence-electron chi connectivity index (χ4n) is 1.59. The molecule has 2 nitrogen and oxygen atoms in total. The molecular formula is C12H17ClO2. The minimum absolute atomic E-state index is 0.0352. The van der Waals surface area contributed by atoms with Gasteiger partial charge in [-0.3, -0.25) is 0 Å². The van der Waals surface area contributed by atoms with Crippen LogP contribution < -0.4 is 0 Å². The van der Waals surface area contributed by atoms with Crippen molar-refractivity contribution in [3.63, 3.8) is 0 Å². The first-order chi connectivity index (χ1) is 6.97. The van der Waals surface area contributed by atoms with E-state index >= 15 is 0 Å². The monoisotopic (exact) mass is 228 g/mol. The largest absolute Gasteiger partial charge is 0.389 e. The zero-order valence-electron chi connectivity index (χ0n) is 9.29. The molecule has 1 aromatic carbocycles. The number of hydrogen-bond acceptors (Lipinski definition) is 2. The molecule has 1 aromatic rings. The normalized spacial score (nSPS) is 15.1. The number of halogens is 1. The number of rotatable bonds is 3. The maximum absolute atomic E-state index is 9.85. The third-order valence-electron chi connectivity index (χ3n) is 2.72. The first-order valence-corrected chi connectivity index (χ1v) is 5.50. The molecule has 0 aliphatic carbocycles. The van der Waals surface area contributed by atoms with E-state index in [1.54, 1.807) is 0 Å². The van der Waals surface area contributed by atoms with Crippen LogP contribution in [0.15, 0.2) is 12.1 Å². The van der Waals surface area contributed by atoms with Crippen LogP contribution in [0.25, 0.3) is 0 Å². The Hall–Kier alpha value is -0.570. The Balaban J connectivity index is 3.09. The summed E-state index contributed by atoms with van der Waals surface area (Å²) >= 11 is 5.51. The first-order valence-electron chi connectivity index (χ1n) is 4.97. The van der Waals surface area contributed by atoms with E-state index in [2.05, 4.69) is 0 Å². The van der Waals surface area contributed by atoms with E-state index in [9.17, 15) is 10.2 Å². The van der Waals surface area contributed by atoms with E-state index in [0.717, 1.165) is 16.7 Å². The molecule has 0 spiro atoms. The predicted molar refractivity (Wildman–Crippen MR) is 62.3 cm³/mol. The molecule has 3 heteroatoms. The molecule has 2 N–H and O–H groups in total. The zero-order valence-corrected chi connectivity index (χ0v) is 10.0. The molecule has 0 radical (unpaired) electrons. The van der Waals surface area contributed by atoms with Gasteiger partial charge in [-0.05, 0) is 43.0 Å². The summed E-state index contributed by atoms with van der Waals surface area (Å²) in [5, 5.41) is 19.3. The minimum Gasteiger partial charge on any atom is -0.389 e. The fourth-order valence-corrected chi connectivity index (χ4v) is 1.76. The van der Waals surface area contributed by atoms with Crippen LogP contribution in [0.4, 0.5) is 0 Å². The summed E-state index contributed by atoms with van der Waals surface area (Å²) < 4.78 is 0. The maximum atomic E-state index is 9.85. The van der Waals surface area contributed by atoms with E-state index < -0.39 is 12.2 Å². The highest BCUT2D eigenvalue weighted by Gasteiger charge is 2.19. The Kier molecular flexibility index (Phi) is 4.14. The van der Waals surface area contributed by atoms with Gasteiger partial charge in [0.2, 0.25) is 0 Å². The van der Waals surface area contributed by atoms with Crippen molar-refractivity contribution in [3.8, 4) is 0 Å². The molecule has 0 bridgehead atoms. The Labute approximate surface area is 95.5 Å². The summed E-state index contributed by atoms with van der Waals surface area (Å²) in [6.45, 7) is 5.93. The predicted octanol–water partition coefficient (Wildman–Crippen LogP) is 2.24. The first kappa shape index (κ1) is 12.5. The summed E-state index contributed by atoms with van der Waals surface area (Å²) in [5.74, 6) is 0.0352. The van der Waals surface area contributed by atoms with Gasteiger partial charge >= 0.3 is 0 Å². The Bertz CT molecular complexity index is 350. The number of alkyl halides is 1. The van der Waals surface area contributed by atoms with Gasteiger partial charge in [-0.1, -0.05) is 12.1 Å². The second-order valence-corrected chi connectivity index (χ2v) is 4.27. The van der Waals surface area contributed by atoms with Crippen molar-refractivity contribution in [3.05, 3.63) is 34.4 Å². The average Bonchev–Trinajstić information content (AvgIpc) is 2.21. The molecule has 0 aromatic heterocycles. The molecule has 0 aliphatic heterocycles. The third kappa shape index (κ3) is 2.71. The molecule has 0 saturated carbocycles. The molecule has 15 heavy (non-hydrogen) atoms. The number of hydrogen-bond donors (Lipinski definition) is 2. The highest BCUT2D eigenvalue weighted by Crippen LogP contribution is 2.24. The van der Waals surface area contributed by atoms with E-state index in [-0.39, 0.29) is 5.88 Å². The highest BCUT2D eigenvalue weighted by molar-refractivity contribution is 6.18. The maximum Gasteiger partial charge on any atom is 0.106 e. The van der Waals surface area contributed by atoms with Crippen molar-refractivity contribution >= 4 is 11.6 Å². The number of aryl methyl sites for hydroxylation is 3. The minimum atomic E-state index is -0.910. The van der Waals surface area contributed by atoms with Gasteiger partial charge in [0, 0.05) is 0 Å². The average molecular weight is 229 g/mol. The molecule has 1 rings (SSSR count). The summed E-state index contributed by atoms with van der Waals surface area (Å²) in [6, 6.07) is 3.92. The van der Waals surface area contributed by atoms with E-state index in [1.807, 2.05) is 32.9 Å². The molecular weight excluding hydrogens is 212 g/mol. The molecule has 2 atom stereocenters. The summed E-state index contributed by atoms with van der Waals surface area (Å²) in [6.07, 6.45) is -1.81. The summed E-state index contributed by atoms with van der Waals surface area (Å²) in [5.41, 5.74) is 4.03. The summed E-state index contributed by atoms with van der Waals surface area (Å²) in [4.78, 5) is 0. The lowest BCUT2D eigenvalue weighted by atomic mass is 9.95. The van der Waals surface area contributed by atoms with Gasteiger partial charge < -0.3 is 10.2 Å². The van der Waals surface area contributed by atoms with Gasteiger partial charge in [0.15, 0.2) is 0 Å². The molecule has 2 unspecified atom stereocenters. The topological polar surface area (TPSA) is 40.5 Å². The van der Waals surface area contributed by atoms with Gasteiger partial charge in [-0.2, -0.15) is 0 Å². The fraction of sp³-hybridized carbons (Fsp3) is 0.500. The third-order valence-corrected chi connectivity index (χ3v) is 3.04. The van der Waals surface area contributed by atoms with Gasteiger partial charge in [0.05, 0.1) is 12.0 Å². The lowest BCUT2D eigenvalue weighted by molar-refractivity contribution is 0.0323. The lowest BCUT2D eigenvalue weighted by Crippen LogP contribution is -2.20. The molecule has 0 heterocycles. The van der Waals surface area contributed by atoms with Crippen LogP contribution in [0, 0.1) is 20.8 Å². The SMILES string of the molecule is Cc1cc(C)c(C(O)C(O)CCl)cc1C. The van der Waals surface area contributed by atoms with Crippen molar-refractivity contribution < 1.29 is 10.2 Å². The summed E-state index contributed by atoms with van der Waals surface area (Å²) in [7, 11) is 0. The van der Waals surface area contributed by atoms with E-state index in [1.165, 1.54) is 5.56 Å². The van der Waals surface area contributed by atoms with Crippen LogP contribution in [0.2, 0.25) is 0 Å². The number of benzene rings is 1. The molecule has 0 aliphatic rings. The second kappa shape index (κ2) is 4.97. The second-order valence-electron chi connectivity index (χ2n) is 3.96. The van der Waals surface area contributed by atoms with Gasteiger partial charge in [-0.15, -0.1) is 11.6 Å². The van der Waals surface area contributed by atoms with Crippen LogP contribution in [-0.4, -0.2) is 22.2 Å². The van der Waals surface area contributed by atoms with Crippen LogP contribution in [-0.2, 0) is 0 Å². The smallest absolute Gasteiger partial charge is 0.106 e. The van der Waals surface area contributed by atoms with Crippen LogP contribution in [0.3, 0.4) is 0 Å². The van der Waals surface area contributed by atoms with Crippen molar-refractivity contribution in [2.75, 3.05) is 5.88 Å². The molecule has 0 fully saturated rings. The molecule has 0 amide bonds. The van der Waals surface area contributed by atoms with Crippen molar-refractivity contribution in [2.24, 2.45) is 0 Å². The van der Waals surface area contributed by atoms with Crippen molar-refractivity contribution in [2.45, 2.75) is 33.0 Å². The number of aliphatic hydroxyl groups is 2. The Morgan fingerprint density at radius 2 is 1.60 bits per heavy atom. The highest BCUT2D eigenvalue weighted by atomic mass is 35.5. The molecule has 84 valence electrons. The lowest BCUT2D eigenvalue weighted by Gasteiger charge is -2.19. The van der Waals surface area contributed by atoms with Crippen molar-refractivity contribution in [1.82, 2.24) is 0 Å².